The van der Waals surface area contributed by atoms with Crippen molar-refractivity contribution in [3.8, 4) is 0 Å². The van der Waals surface area contributed by atoms with Gasteiger partial charge < -0.3 is 10.5 Å². The van der Waals surface area contributed by atoms with Crippen LogP contribution in [0.15, 0.2) is 24.3 Å². The highest BCUT2D eigenvalue weighted by atomic mass is 32.1. The fourth-order valence-corrected chi connectivity index (χ4v) is 2.48. The van der Waals surface area contributed by atoms with Gasteiger partial charge in [0.05, 0.1) is 7.11 Å². The third kappa shape index (κ3) is 1.65. The molecule has 1 heterocycles. The van der Waals surface area contributed by atoms with Gasteiger partial charge >= 0.3 is 5.97 Å². The average Bonchev–Trinajstić information content (AvgIpc) is 2.70. The Bertz CT molecular complexity index is 574. The molecule has 0 unspecified atom stereocenters. The summed E-state index contributed by atoms with van der Waals surface area (Å²) in [6.45, 7) is 0. The number of fused-ring (bicyclic) bond motifs is 1. The number of nitrogens with two attached hydrogens (primary N) is 1. The Morgan fingerprint density at radius 3 is 2.75 bits per heavy atom. The molecule has 1 aromatic carbocycles. The molecule has 0 saturated heterocycles. The lowest BCUT2D eigenvalue weighted by molar-refractivity contribution is 0.0606. The van der Waals surface area contributed by atoms with Gasteiger partial charge in [0.15, 0.2) is 0 Å². The summed E-state index contributed by atoms with van der Waals surface area (Å²) < 4.78 is 5.47. The molecule has 0 saturated carbocycles. The van der Waals surface area contributed by atoms with E-state index in [4.69, 9.17) is 5.73 Å². The molecule has 2 rings (SSSR count). The lowest BCUT2D eigenvalue weighted by Gasteiger charge is -1.95. The molecule has 0 atom stereocenters. The Hall–Kier alpha value is -1.88. The van der Waals surface area contributed by atoms with Crippen molar-refractivity contribution in [2.45, 2.75) is 0 Å². The van der Waals surface area contributed by atoms with Gasteiger partial charge in [-0.05, 0) is 18.2 Å². The predicted molar refractivity (Wildman–Crippen MR) is 61.7 cm³/mol. The van der Waals surface area contributed by atoms with Crippen molar-refractivity contribution in [3.63, 3.8) is 0 Å². The number of benzene rings is 1. The zero-order valence-electron chi connectivity index (χ0n) is 8.52. The van der Waals surface area contributed by atoms with Crippen LogP contribution in [0.25, 0.3) is 10.1 Å². The monoisotopic (exact) mass is 235 g/mol. The summed E-state index contributed by atoms with van der Waals surface area (Å²) >= 11 is 1.28. The second kappa shape index (κ2) is 3.94. The van der Waals surface area contributed by atoms with Crippen LogP contribution in [-0.2, 0) is 4.74 Å². The molecular formula is C11H9NO3S. The summed E-state index contributed by atoms with van der Waals surface area (Å²) in [7, 11) is 1.32. The number of amides is 1. The summed E-state index contributed by atoms with van der Waals surface area (Å²) in [5.41, 5.74) is 5.67. The first-order chi connectivity index (χ1) is 7.63. The van der Waals surface area contributed by atoms with Gasteiger partial charge in [0.1, 0.15) is 4.88 Å². The maximum Gasteiger partial charge on any atom is 0.348 e. The normalized spacial score (nSPS) is 10.3. The molecule has 0 aliphatic heterocycles. The molecule has 0 aliphatic rings. The van der Waals surface area contributed by atoms with Gasteiger partial charge in [0.25, 0.3) is 0 Å². The average molecular weight is 235 g/mol. The van der Waals surface area contributed by atoms with Crippen LogP contribution in [-0.4, -0.2) is 19.0 Å². The highest BCUT2D eigenvalue weighted by Crippen LogP contribution is 2.28. The smallest absolute Gasteiger partial charge is 0.348 e. The van der Waals surface area contributed by atoms with E-state index in [-0.39, 0.29) is 0 Å². The molecule has 0 spiro atoms. The van der Waals surface area contributed by atoms with Crippen LogP contribution < -0.4 is 5.73 Å². The lowest BCUT2D eigenvalue weighted by atomic mass is 10.1. The second-order valence-corrected chi connectivity index (χ2v) is 4.27. The fourth-order valence-electron chi connectivity index (χ4n) is 1.48. The molecular weight excluding hydrogens is 226 g/mol. The third-order valence-corrected chi connectivity index (χ3v) is 3.29. The minimum atomic E-state index is -0.500. The Kier molecular flexibility index (Phi) is 2.62. The summed E-state index contributed by atoms with van der Waals surface area (Å²) in [6.07, 6.45) is 0. The van der Waals surface area contributed by atoms with Crippen molar-refractivity contribution < 1.29 is 14.3 Å². The van der Waals surface area contributed by atoms with E-state index >= 15 is 0 Å². The lowest BCUT2D eigenvalue weighted by Crippen LogP contribution is -2.10. The number of methoxy groups -OCH3 is 1. The highest BCUT2D eigenvalue weighted by molar-refractivity contribution is 7.20. The SMILES string of the molecule is COC(=O)c1cc2c(C(N)=O)cccc2s1. The van der Waals surface area contributed by atoms with E-state index in [1.165, 1.54) is 18.4 Å². The minimum Gasteiger partial charge on any atom is -0.465 e. The maximum atomic E-state index is 11.3. The topological polar surface area (TPSA) is 69.4 Å². The molecule has 1 aromatic heterocycles. The Morgan fingerprint density at radius 2 is 2.12 bits per heavy atom. The number of esters is 1. The number of carbonyl (C=O) groups excluding carboxylic acids is 2. The van der Waals surface area contributed by atoms with Crippen LogP contribution in [0.5, 0.6) is 0 Å². The van der Waals surface area contributed by atoms with Gasteiger partial charge in [0, 0.05) is 15.6 Å². The van der Waals surface area contributed by atoms with Crippen molar-refractivity contribution in [2.24, 2.45) is 5.73 Å². The fraction of sp³-hybridized carbons (Fsp3) is 0.0909. The van der Waals surface area contributed by atoms with E-state index in [0.717, 1.165) is 4.70 Å². The summed E-state index contributed by atoms with van der Waals surface area (Å²) in [5.74, 6) is -0.906. The molecule has 82 valence electrons. The third-order valence-electron chi connectivity index (χ3n) is 2.21. The maximum absolute atomic E-state index is 11.3. The number of hydrogen-bond acceptors (Lipinski definition) is 4. The largest absolute Gasteiger partial charge is 0.465 e. The van der Waals surface area contributed by atoms with Crippen LogP contribution in [0.1, 0.15) is 20.0 Å². The zero-order chi connectivity index (χ0) is 11.7. The molecule has 2 N–H and O–H groups in total. The van der Waals surface area contributed by atoms with Crippen molar-refractivity contribution in [3.05, 3.63) is 34.7 Å². The predicted octanol–water partition coefficient (Wildman–Crippen LogP) is 1.79. The van der Waals surface area contributed by atoms with E-state index < -0.39 is 11.9 Å². The van der Waals surface area contributed by atoms with Gasteiger partial charge in [0.2, 0.25) is 5.91 Å². The van der Waals surface area contributed by atoms with Crippen molar-refractivity contribution in [1.29, 1.82) is 0 Å². The number of hydrogen-bond donors (Lipinski definition) is 1. The van der Waals surface area contributed by atoms with Crippen LogP contribution in [0.2, 0.25) is 0 Å². The Balaban J connectivity index is 2.65. The van der Waals surface area contributed by atoms with Crippen LogP contribution in [0.4, 0.5) is 0 Å². The number of thiophene rings is 1. The van der Waals surface area contributed by atoms with Crippen molar-refractivity contribution >= 4 is 33.3 Å². The van der Waals surface area contributed by atoms with Gasteiger partial charge in [-0.15, -0.1) is 11.3 Å². The van der Waals surface area contributed by atoms with Gasteiger partial charge in [-0.2, -0.15) is 0 Å². The van der Waals surface area contributed by atoms with E-state index in [1.807, 2.05) is 6.07 Å². The quantitative estimate of drug-likeness (QED) is 0.807. The first kappa shape index (κ1) is 10.6. The molecule has 2 aromatic rings. The van der Waals surface area contributed by atoms with Crippen LogP contribution in [0, 0.1) is 0 Å². The molecule has 4 nitrogen and oxygen atoms in total. The van der Waals surface area contributed by atoms with Crippen LogP contribution >= 0.6 is 11.3 Å². The molecule has 0 aliphatic carbocycles. The minimum absolute atomic E-state index is 0.406. The van der Waals surface area contributed by atoms with E-state index in [9.17, 15) is 9.59 Å². The van der Waals surface area contributed by atoms with E-state index in [1.54, 1.807) is 18.2 Å². The molecule has 0 bridgehead atoms. The molecule has 5 heteroatoms. The number of ether oxygens (including phenoxy) is 1. The molecule has 0 fully saturated rings. The number of carbonyl (C=O) groups is 2. The standard InChI is InChI=1S/C11H9NO3S/c1-15-11(14)9-5-7-6(10(12)13)3-2-4-8(7)16-9/h2-5H,1H3,(H2,12,13). The molecule has 1 amide bonds. The Labute approximate surface area is 95.6 Å². The first-order valence-electron chi connectivity index (χ1n) is 4.54. The number of rotatable bonds is 2. The van der Waals surface area contributed by atoms with Gasteiger partial charge in [-0.25, -0.2) is 4.79 Å². The second-order valence-electron chi connectivity index (χ2n) is 3.18. The van der Waals surface area contributed by atoms with Gasteiger partial charge in [-0.1, -0.05) is 6.07 Å². The van der Waals surface area contributed by atoms with Crippen molar-refractivity contribution in [2.75, 3.05) is 7.11 Å². The van der Waals surface area contributed by atoms with E-state index in [2.05, 4.69) is 4.74 Å². The molecule has 0 radical (unpaired) electrons. The van der Waals surface area contributed by atoms with Gasteiger partial charge in [-0.3, -0.25) is 4.79 Å². The van der Waals surface area contributed by atoms with E-state index in [0.29, 0.717) is 15.8 Å². The zero-order valence-corrected chi connectivity index (χ0v) is 9.34. The summed E-state index contributed by atoms with van der Waals surface area (Å²) in [6, 6.07) is 6.84. The summed E-state index contributed by atoms with van der Waals surface area (Å²) in [5, 5.41) is 0.695. The molecule has 16 heavy (non-hydrogen) atoms. The van der Waals surface area contributed by atoms with Crippen molar-refractivity contribution in [1.82, 2.24) is 0 Å². The van der Waals surface area contributed by atoms with Crippen LogP contribution in [0.3, 0.4) is 0 Å². The summed E-state index contributed by atoms with van der Waals surface area (Å²) in [4.78, 5) is 23.0. The highest BCUT2D eigenvalue weighted by Gasteiger charge is 2.14. The Morgan fingerprint density at radius 1 is 1.38 bits per heavy atom. The number of primary amides is 1. The first-order valence-corrected chi connectivity index (χ1v) is 5.36.